The number of rotatable bonds is 4. The number of hydrogen-bond acceptors (Lipinski definition) is 5. The molecule has 0 radical (unpaired) electrons. The highest BCUT2D eigenvalue weighted by atomic mass is 32.2. The first-order valence-electron chi connectivity index (χ1n) is 7.13. The van der Waals surface area contributed by atoms with Crippen molar-refractivity contribution in [3.8, 4) is 0 Å². The van der Waals surface area contributed by atoms with Crippen LogP contribution in [0.25, 0.3) is 0 Å². The summed E-state index contributed by atoms with van der Waals surface area (Å²) in [6.45, 7) is 3.20. The Morgan fingerprint density at radius 3 is 2.61 bits per heavy atom. The quantitative estimate of drug-likeness (QED) is 0.657. The molecule has 1 unspecified atom stereocenters. The van der Waals surface area contributed by atoms with E-state index in [0.717, 1.165) is 4.31 Å². The fraction of sp³-hybridized carbons (Fsp3) is 0.500. The minimum atomic E-state index is -4.13. The van der Waals surface area contributed by atoms with Crippen LogP contribution in [0.15, 0.2) is 17.0 Å². The Kier molecular flexibility index (Phi) is 4.71. The van der Waals surface area contributed by atoms with Crippen molar-refractivity contribution in [2.45, 2.75) is 31.6 Å². The number of sulfonamides is 1. The van der Waals surface area contributed by atoms with Crippen molar-refractivity contribution in [1.82, 2.24) is 4.31 Å². The summed E-state index contributed by atoms with van der Waals surface area (Å²) >= 11 is 0. The van der Waals surface area contributed by atoms with Gasteiger partial charge in [-0.25, -0.2) is 8.42 Å². The van der Waals surface area contributed by atoms with Gasteiger partial charge in [-0.15, -0.1) is 0 Å². The molecule has 0 bridgehead atoms. The molecule has 9 heteroatoms. The lowest BCUT2D eigenvalue weighted by Gasteiger charge is -2.30. The van der Waals surface area contributed by atoms with Crippen LogP contribution in [0.3, 0.4) is 0 Å². The van der Waals surface area contributed by atoms with Gasteiger partial charge in [0.1, 0.15) is 0 Å². The van der Waals surface area contributed by atoms with Gasteiger partial charge in [-0.1, -0.05) is 6.07 Å². The van der Waals surface area contributed by atoms with Crippen LogP contribution >= 0.6 is 0 Å². The molecule has 0 spiro atoms. The summed E-state index contributed by atoms with van der Waals surface area (Å²) in [5, 5.41) is 20.3. The van der Waals surface area contributed by atoms with Crippen LogP contribution in [0.1, 0.15) is 24.0 Å². The zero-order valence-electron chi connectivity index (χ0n) is 12.9. The SMILES string of the molecule is Cc1ccc([N+](=O)[O-])c(S(=O)(=O)N2CCCC(C(=O)O)C2)c1C. The number of nitro groups is 1. The lowest BCUT2D eigenvalue weighted by Crippen LogP contribution is -2.42. The van der Waals surface area contributed by atoms with E-state index in [0.29, 0.717) is 24.0 Å². The second-order valence-corrected chi connectivity index (χ2v) is 7.53. The Balaban J connectivity index is 2.54. The van der Waals surface area contributed by atoms with E-state index >= 15 is 0 Å². The number of aliphatic carboxylic acids is 1. The number of carboxylic acids is 1. The Bertz CT molecular complexity index is 759. The molecule has 1 aromatic carbocycles. The molecule has 1 heterocycles. The number of piperidine rings is 1. The Morgan fingerprint density at radius 2 is 2.04 bits per heavy atom. The highest BCUT2D eigenvalue weighted by molar-refractivity contribution is 7.89. The van der Waals surface area contributed by atoms with Gasteiger partial charge >= 0.3 is 5.97 Å². The van der Waals surface area contributed by atoms with E-state index in [1.54, 1.807) is 6.92 Å². The molecule has 1 atom stereocenters. The molecular formula is C14H18N2O6S. The standard InChI is InChI=1S/C14H18N2O6S/c1-9-5-6-12(16(19)20)13(10(9)2)23(21,22)15-7-3-4-11(8-15)14(17)18/h5-6,11H,3-4,7-8H2,1-2H3,(H,17,18). The molecule has 1 fully saturated rings. The summed E-state index contributed by atoms with van der Waals surface area (Å²) < 4.78 is 26.8. The van der Waals surface area contributed by atoms with Crippen molar-refractivity contribution >= 4 is 21.7 Å². The summed E-state index contributed by atoms with van der Waals surface area (Å²) in [5.41, 5.74) is 0.461. The number of nitrogens with zero attached hydrogens (tertiary/aromatic N) is 2. The first-order valence-corrected chi connectivity index (χ1v) is 8.57. The third-order valence-corrected chi connectivity index (χ3v) is 6.23. The van der Waals surface area contributed by atoms with Gasteiger partial charge in [0.05, 0.1) is 10.8 Å². The van der Waals surface area contributed by atoms with E-state index in [1.165, 1.54) is 19.1 Å². The predicted molar refractivity (Wildman–Crippen MR) is 81.7 cm³/mol. The average molecular weight is 342 g/mol. The van der Waals surface area contributed by atoms with E-state index in [1.807, 2.05) is 0 Å². The maximum Gasteiger partial charge on any atom is 0.307 e. The fourth-order valence-corrected chi connectivity index (χ4v) is 4.70. The van der Waals surface area contributed by atoms with Crippen LogP contribution in [0.4, 0.5) is 5.69 Å². The Labute approximate surface area is 133 Å². The highest BCUT2D eigenvalue weighted by Gasteiger charge is 2.38. The summed E-state index contributed by atoms with van der Waals surface area (Å²) in [5.74, 6) is -1.84. The van der Waals surface area contributed by atoms with Gasteiger partial charge in [0.25, 0.3) is 5.69 Å². The van der Waals surface area contributed by atoms with E-state index in [9.17, 15) is 23.3 Å². The first-order chi connectivity index (χ1) is 10.7. The minimum absolute atomic E-state index is 0.163. The van der Waals surface area contributed by atoms with Crippen LogP contribution in [0.5, 0.6) is 0 Å². The molecule has 0 amide bonds. The average Bonchev–Trinajstić information content (AvgIpc) is 2.49. The largest absolute Gasteiger partial charge is 0.481 e. The van der Waals surface area contributed by atoms with Gasteiger partial charge in [-0.05, 0) is 37.8 Å². The van der Waals surface area contributed by atoms with Crippen molar-refractivity contribution in [2.24, 2.45) is 5.92 Å². The third-order valence-electron chi connectivity index (χ3n) is 4.18. The van der Waals surface area contributed by atoms with Gasteiger partial charge in [-0.3, -0.25) is 14.9 Å². The van der Waals surface area contributed by atoms with Crippen LogP contribution in [-0.4, -0.2) is 41.8 Å². The summed E-state index contributed by atoms with van der Waals surface area (Å²) in [6, 6.07) is 2.68. The summed E-state index contributed by atoms with van der Waals surface area (Å²) in [6.07, 6.45) is 0.811. The topological polar surface area (TPSA) is 118 Å². The molecule has 0 aromatic heterocycles. The van der Waals surface area contributed by atoms with Crippen LogP contribution in [0, 0.1) is 29.9 Å². The lowest BCUT2D eigenvalue weighted by molar-refractivity contribution is -0.388. The summed E-state index contributed by atoms with van der Waals surface area (Å²) in [7, 11) is -4.13. The third kappa shape index (κ3) is 3.20. The molecule has 1 N–H and O–H groups in total. The molecular weight excluding hydrogens is 324 g/mol. The zero-order chi connectivity index (χ0) is 17.4. The molecule has 1 saturated heterocycles. The zero-order valence-corrected chi connectivity index (χ0v) is 13.7. The van der Waals surface area contributed by atoms with E-state index in [4.69, 9.17) is 5.11 Å². The molecule has 0 aliphatic carbocycles. The normalized spacial score (nSPS) is 19.5. The number of hydrogen-bond donors (Lipinski definition) is 1. The Morgan fingerprint density at radius 1 is 1.39 bits per heavy atom. The van der Waals surface area contributed by atoms with Gasteiger partial charge in [-0.2, -0.15) is 4.31 Å². The van der Waals surface area contributed by atoms with Crippen molar-refractivity contribution in [3.05, 3.63) is 33.4 Å². The maximum absolute atomic E-state index is 12.9. The van der Waals surface area contributed by atoms with Crippen LogP contribution in [0.2, 0.25) is 0 Å². The van der Waals surface area contributed by atoms with Crippen LogP contribution in [-0.2, 0) is 14.8 Å². The van der Waals surface area contributed by atoms with Gasteiger partial charge in [0, 0.05) is 19.2 Å². The van der Waals surface area contributed by atoms with Gasteiger partial charge < -0.3 is 5.11 Å². The van der Waals surface area contributed by atoms with E-state index in [2.05, 4.69) is 0 Å². The number of aryl methyl sites for hydroxylation is 1. The number of benzene rings is 1. The molecule has 1 aromatic rings. The van der Waals surface area contributed by atoms with Crippen molar-refractivity contribution in [2.75, 3.05) is 13.1 Å². The molecule has 8 nitrogen and oxygen atoms in total. The smallest absolute Gasteiger partial charge is 0.307 e. The van der Waals surface area contributed by atoms with Crippen molar-refractivity contribution in [1.29, 1.82) is 0 Å². The molecule has 1 aliphatic rings. The number of carbonyl (C=O) groups is 1. The number of nitro benzene ring substituents is 1. The molecule has 1 aliphatic heterocycles. The highest BCUT2D eigenvalue weighted by Crippen LogP contribution is 2.33. The summed E-state index contributed by atoms with van der Waals surface area (Å²) in [4.78, 5) is 21.3. The predicted octanol–water partition coefficient (Wildman–Crippen LogP) is 1.70. The van der Waals surface area contributed by atoms with Crippen LogP contribution < -0.4 is 0 Å². The Hall–Kier alpha value is -2.00. The second-order valence-electron chi connectivity index (χ2n) is 5.65. The monoisotopic (exact) mass is 342 g/mol. The van der Waals surface area contributed by atoms with Gasteiger partial charge in [0.2, 0.25) is 10.0 Å². The van der Waals surface area contributed by atoms with E-state index < -0.39 is 32.5 Å². The molecule has 2 rings (SSSR count). The number of carboxylic acid groups (broad SMARTS) is 1. The van der Waals surface area contributed by atoms with Gasteiger partial charge in [0.15, 0.2) is 4.90 Å². The molecule has 126 valence electrons. The lowest BCUT2D eigenvalue weighted by atomic mass is 10.0. The second kappa shape index (κ2) is 6.25. The molecule has 0 saturated carbocycles. The van der Waals surface area contributed by atoms with Crippen molar-refractivity contribution in [3.63, 3.8) is 0 Å². The van der Waals surface area contributed by atoms with Crippen molar-refractivity contribution < 1.29 is 23.2 Å². The molecule has 23 heavy (non-hydrogen) atoms. The van der Waals surface area contributed by atoms with E-state index in [-0.39, 0.29) is 18.0 Å². The minimum Gasteiger partial charge on any atom is -0.481 e. The fourth-order valence-electron chi connectivity index (χ4n) is 2.74. The maximum atomic E-state index is 12.9. The first kappa shape index (κ1) is 17.4.